The highest BCUT2D eigenvalue weighted by Crippen LogP contribution is 2.37. The van der Waals surface area contributed by atoms with Crippen LogP contribution in [0.25, 0.3) is 20.7 Å². The number of hydrogen-bond donors (Lipinski definition) is 0. The number of Topliss-reactive ketones (excluding diaryl/α,β-unsaturated/α-hetero) is 1. The molecule has 0 aliphatic carbocycles. The zero-order valence-electron chi connectivity index (χ0n) is 12.8. The number of ketones is 1. The number of carbonyl (C=O) groups is 1. The number of aromatic nitrogens is 2. The molecule has 0 saturated heterocycles. The van der Waals surface area contributed by atoms with Gasteiger partial charge < -0.3 is 0 Å². The SMILES string of the molecule is O=C(CSc1ncnc2cc(-c3ccc(F)cc3)sc12)c1cccs1. The number of fused-ring (bicyclic) bond motifs is 1. The number of thiophene rings is 2. The molecule has 0 N–H and O–H groups in total. The molecular formula is C18H11FN2OS3. The van der Waals surface area contributed by atoms with Gasteiger partial charge in [-0.3, -0.25) is 4.79 Å². The van der Waals surface area contributed by atoms with Gasteiger partial charge in [0, 0.05) is 4.88 Å². The lowest BCUT2D eigenvalue weighted by molar-refractivity contribution is 0.102. The summed E-state index contributed by atoms with van der Waals surface area (Å²) in [5.74, 6) is 0.186. The molecule has 0 saturated carbocycles. The normalized spacial score (nSPS) is 11.1. The summed E-state index contributed by atoms with van der Waals surface area (Å²) in [5.41, 5.74) is 1.78. The van der Waals surface area contributed by atoms with Gasteiger partial charge in [0.1, 0.15) is 17.2 Å². The summed E-state index contributed by atoms with van der Waals surface area (Å²) < 4.78 is 14.1. The van der Waals surface area contributed by atoms with Crippen molar-refractivity contribution in [3.8, 4) is 10.4 Å². The first-order valence-electron chi connectivity index (χ1n) is 7.41. The van der Waals surface area contributed by atoms with E-state index < -0.39 is 0 Å². The molecule has 0 spiro atoms. The summed E-state index contributed by atoms with van der Waals surface area (Å²) in [6.45, 7) is 0. The van der Waals surface area contributed by atoms with Crippen LogP contribution in [0.15, 0.2) is 59.2 Å². The Hall–Kier alpha value is -2.09. The predicted octanol–water partition coefficient (Wildman–Crippen LogP) is 5.53. The molecule has 3 heterocycles. The highest BCUT2D eigenvalue weighted by Gasteiger charge is 2.13. The Morgan fingerprint density at radius 3 is 2.76 bits per heavy atom. The average molecular weight is 386 g/mol. The van der Waals surface area contributed by atoms with Crippen LogP contribution in [-0.2, 0) is 0 Å². The van der Waals surface area contributed by atoms with Gasteiger partial charge in [0.05, 0.1) is 20.8 Å². The van der Waals surface area contributed by atoms with E-state index >= 15 is 0 Å². The minimum Gasteiger partial charge on any atom is -0.292 e. The third kappa shape index (κ3) is 3.49. The number of rotatable bonds is 5. The van der Waals surface area contributed by atoms with Gasteiger partial charge in [-0.2, -0.15) is 0 Å². The molecule has 0 bridgehead atoms. The number of nitrogens with zero attached hydrogens (tertiary/aromatic N) is 2. The molecule has 3 nitrogen and oxygen atoms in total. The molecule has 4 aromatic rings. The van der Waals surface area contributed by atoms with Gasteiger partial charge in [-0.15, -0.1) is 22.7 Å². The number of hydrogen-bond acceptors (Lipinski definition) is 6. The van der Waals surface area contributed by atoms with E-state index in [-0.39, 0.29) is 11.6 Å². The molecule has 1 aromatic carbocycles. The fourth-order valence-electron chi connectivity index (χ4n) is 2.33. The van der Waals surface area contributed by atoms with Crippen LogP contribution in [0.1, 0.15) is 9.67 Å². The Morgan fingerprint density at radius 2 is 2.00 bits per heavy atom. The Labute approximate surface area is 155 Å². The number of halogens is 1. The van der Waals surface area contributed by atoms with Crippen LogP contribution >= 0.6 is 34.4 Å². The smallest absolute Gasteiger partial charge is 0.183 e. The van der Waals surface area contributed by atoms with Crippen LogP contribution in [-0.4, -0.2) is 21.5 Å². The third-order valence-corrected chi connectivity index (χ3v) is 6.75. The maximum absolute atomic E-state index is 13.1. The highest BCUT2D eigenvalue weighted by molar-refractivity contribution is 8.00. The molecule has 0 radical (unpaired) electrons. The van der Waals surface area contributed by atoms with Gasteiger partial charge in [-0.1, -0.05) is 30.0 Å². The van der Waals surface area contributed by atoms with Crippen molar-refractivity contribution >= 4 is 50.4 Å². The van der Waals surface area contributed by atoms with Crippen molar-refractivity contribution in [2.45, 2.75) is 5.03 Å². The topological polar surface area (TPSA) is 42.9 Å². The van der Waals surface area contributed by atoms with E-state index in [1.165, 1.54) is 41.6 Å². The van der Waals surface area contributed by atoms with Crippen LogP contribution in [0.3, 0.4) is 0 Å². The average Bonchev–Trinajstić information content (AvgIpc) is 3.30. The van der Waals surface area contributed by atoms with E-state index in [1.54, 1.807) is 23.5 Å². The van der Waals surface area contributed by atoms with E-state index in [1.807, 2.05) is 23.6 Å². The summed E-state index contributed by atoms with van der Waals surface area (Å²) in [7, 11) is 0. The van der Waals surface area contributed by atoms with Crippen molar-refractivity contribution < 1.29 is 9.18 Å². The minimum absolute atomic E-state index is 0.0991. The van der Waals surface area contributed by atoms with Gasteiger partial charge in [-0.25, -0.2) is 14.4 Å². The lowest BCUT2D eigenvalue weighted by Crippen LogP contribution is -1.99. The van der Waals surface area contributed by atoms with E-state index in [9.17, 15) is 9.18 Å². The first-order chi connectivity index (χ1) is 12.2. The summed E-state index contributed by atoms with van der Waals surface area (Å²) in [5, 5.41) is 2.70. The van der Waals surface area contributed by atoms with Crippen LogP contribution in [0.4, 0.5) is 4.39 Å². The van der Waals surface area contributed by atoms with Gasteiger partial charge in [0.2, 0.25) is 0 Å². The van der Waals surface area contributed by atoms with E-state index in [0.717, 1.165) is 30.6 Å². The molecule has 0 aliphatic rings. The van der Waals surface area contributed by atoms with E-state index in [2.05, 4.69) is 9.97 Å². The Kier molecular flexibility index (Phi) is 4.61. The standard InChI is InChI=1S/C18H11FN2OS3/c19-12-5-3-11(4-6-12)16-8-13-17(25-16)18(21-10-20-13)24-9-14(22)15-2-1-7-23-15/h1-8,10H,9H2. The summed E-state index contributed by atoms with van der Waals surface area (Å²) in [6, 6.07) is 12.1. The molecule has 4 rings (SSSR count). The van der Waals surface area contributed by atoms with Crippen molar-refractivity contribution in [2.24, 2.45) is 0 Å². The predicted molar refractivity (Wildman–Crippen MR) is 102 cm³/mol. The van der Waals surface area contributed by atoms with Crippen LogP contribution in [0.5, 0.6) is 0 Å². The molecule has 25 heavy (non-hydrogen) atoms. The van der Waals surface area contributed by atoms with Gasteiger partial charge in [-0.05, 0) is 35.2 Å². The van der Waals surface area contributed by atoms with Crippen molar-refractivity contribution in [1.29, 1.82) is 0 Å². The Morgan fingerprint density at radius 1 is 1.16 bits per heavy atom. The number of carbonyl (C=O) groups excluding carboxylic acids is 1. The molecule has 0 amide bonds. The molecule has 0 fully saturated rings. The van der Waals surface area contributed by atoms with Crippen LogP contribution < -0.4 is 0 Å². The van der Waals surface area contributed by atoms with Crippen molar-refractivity contribution in [3.63, 3.8) is 0 Å². The van der Waals surface area contributed by atoms with Gasteiger partial charge in [0.15, 0.2) is 5.78 Å². The minimum atomic E-state index is -0.256. The van der Waals surface area contributed by atoms with Gasteiger partial charge >= 0.3 is 0 Å². The zero-order chi connectivity index (χ0) is 17.2. The van der Waals surface area contributed by atoms with Crippen molar-refractivity contribution in [2.75, 3.05) is 5.75 Å². The first kappa shape index (κ1) is 16.4. The fourth-order valence-corrected chi connectivity index (χ4v) is 5.17. The molecule has 124 valence electrons. The molecule has 0 aliphatic heterocycles. The lowest BCUT2D eigenvalue weighted by atomic mass is 10.2. The molecule has 7 heteroatoms. The maximum Gasteiger partial charge on any atom is 0.183 e. The largest absolute Gasteiger partial charge is 0.292 e. The molecular weight excluding hydrogens is 375 g/mol. The quantitative estimate of drug-likeness (QED) is 0.257. The van der Waals surface area contributed by atoms with Crippen LogP contribution in [0.2, 0.25) is 0 Å². The molecule has 0 atom stereocenters. The second-order valence-electron chi connectivity index (χ2n) is 5.20. The van der Waals surface area contributed by atoms with Crippen molar-refractivity contribution in [1.82, 2.24) is 9.97 Å². The van der Waals surface area contributed by atoms with E-state index in [0.29, 0.717) is 5.75 Å². The Bertz CT molecular complexity index is 1030. The summed E-state index contributed by atoms with van der Waals surface area (Å²) in [6.07, 6.45) is 1.52. The molecule has 0 unspecified atom stereocenters. The first-order valence-corrected chi connectivity index (χ1v) is 10.1. The van der Waals surface area contributed by atoms with Crippen molar-refractivity contribution in [3.05, 3.63) is 64.9 Å². The lowest BCUT2D eigenvalue weighted by Gasteiger charge is -2.00. The third-order valence-electron chi connectivity index (χ3n) is 3.54. The van der Waals surface area contributed by atoms with Crippen LogP contribution in [0, 0.1) is 5.82 Å². The summed E-state index contributed by atoms with van der Waals surface area (Å²) in [4.78, 5) is 22.6. The number of thioether (sulfide) groups is 1. The second kappa shape index (κ2) is 7.03. The maximum atomic E-state index is 13.1. The summed E-state index contributed by atoms with van der Waals surface area (Å²) >= 11 is 4.43. The van der Waals surface area contributed by atoms with E-state index in [4.69, 9.17) is 0 Å². The molecule has 3 aromatic heterocycles. The highest BCUT2D eigenvalue weighted by atomic mass is 32.2. The Balaban J connectivity index is 1.61. The second-order valence-corrected chi connectivity index (χ2v) is 8.16. The fraction of sp³-hybridized carbons (Fsp3) is 0.0556. The van der Waals surface area contributed by atoms with Gasteiger partial charge in [0.25, 0.3) is 0 Å². The monoisotopic (exact) mass is 386 g/mol. The zero-order valence-corrected chi connectivity index (χ0v) is 15.3. The number of benzene rings is 1.